The lowest BCUT2D eigenvalue weighted by Crippen LogP contribution is -2.12. The summed E-state index contributed by atoms with van der Waals surface area (Å²) in [5, 5.41) is 12.5. The molecule has 7 heteroatoms. The SMILES string of the molecule is O=C(CCSc1ccccc1Cl)Nc1cccc(-c2nnc3n2CCCCC3)c1. The molecule has 0 atom stereocenters. The highest BCUT2D eigenvalue weighted by Gasteiger charge is 2.16. The van der Waals surface area contributed by atoms with E-state index in [2.05, 4.69) is 20.1 Å². The quantitative estimate of drug-likeness (QED) is 0.532. The van der Waals surface area contributed by atoms with Gasteiger partial charge < -0.3 is 9.88 Å². The molecule has 2 aromatic carbocycles. The molecule has 1 aromatic heterocycles. The topological polar surface area (TPSA) is 59.8 Å². The first kappa shape index (κ1) is 20.0. The average Bonchev–Trinajstić information content (AvgIpc) is 2.98. The summed E-state index contributed by atoms with van der Waals surface area (Å²) in [4.78, 5) is 13.4. The number of anilines is 1. The average molecular weight is 427 g/mol. The summed E-state index contributed by atoms with van der Waals surface area (Å²) in [5.41, 5.74) is 1.76. The first-order valence-electron chi connectivity index (χ1n) is 9.90. The van der Waals surface area contributed by atoms with Gasteiger partial charge in [0.25, 0.3) is 0 Å². The van der Waals surface area contributed by atoms with Gasteiger partial charge in [-0.05, 0) is 37.1 Å². The standard InChI is InChI=1S/C22H23ClN4OS/c23-18-9-3-4-10-19(18)29-14-12-21(28)24-17-8-6-7-16(15-17)22-26-25-20-11-2-1-5-13-27(20)22/h3-4,6-10,15H,1-2,5,11-14H2,(H,24,28). The Morgan fingerprint density at radius 1 is 1.10 bits per heavy atom. The van der Waals surface area contributed by atoms with E-state index in [0.717, 1.165) is 52.2 Å². The normalized spacial score (nSPS) is 13.6. The summed E-state index contributed by atoms with van der Waals surface area (Å²) in [6.07, 6.45) is 4.94. The molecule has 29 heavy (non-hydrogen) atoms. The molecular formula is C22H23ClN4OS. The van der Waals surface area contributed by atoms with Crippen molar-refractivity contribution < 1.29 is 4.79 Å². The molecule has 1 aliphatic rings. The van der Waals surface area contributed by atoms with Crippen molar-refractivity contribution in [1.29, 1.82) is 0 Å². The summed E-state index contributed by atoms with van der Waals surface area (Å²) in [6, 6.07) is 15.5. The smallest absolute Gasteiger partial charge is 0.225 e. The molecule has 1 aliphatic heterocycles. The number of amides is 1. The minimum Gasteiger partial charge on any atom is -0.326 e. The van der Waals surface area contributed by atoms with Crippen LogP contribution in [0.15, 0.2) is 53.4 Å². The largest absolute Gasteiger partial charge is 0.326 e. The summed E-state index contributed by atoms with van der Waals surface area (Å²) in [5.74, 6) is 2.60. The van der Waals surface area contributed by atoms with Gasteiger partial charge in [0.15, 0.2) is 5.82 Å². The van der Waals surface area contributed by atoms with Gasteiger partial charge in [-0.2, -0.15) is 0 Å². The second-order valence-electron chi connectivity index (χ2n) is 7.06. The number of hydrogen-bond donors (Lipinski definition) is 1. The van der Waals surface area contributed by atoms with Crippen LogP contribution >= 0.6 is 23.4 Å². The van der Waals surface area contributed by atoms with Crippen molar-refractivity contribution in [1.82, 2.24) is 14.8 Å². The van der Waals surface area contributed by atoms with E-state index in [-0.39, 0.29) is 5.91 Å². The van der Waals surface area contributed by atoms with Crippen molar-refractivity contribution in [2.75, 3.05) is 11.1 Å². The number of fused-ring (bicyclic) bond motifs is 1. The van der Waals surface area contributed by atoms with Gasteiger partial charge >= 0.3 is 0 Å². The highest BCUT2D eigenvalue weighted by Crippen LogP contribution is 2.28. The number of carbonyl (C=O) groups excluding carboxylic acids is 1. The molecule has 1 N–H and O–H groups in total. The number of aryl methyl sites for hydroxylation is 1. The predicted octanol–water partition coefficient (Wildman–Crippen LogP) is 5.45. The molecule has 5 nitrogen and oxygen atoms in total. The molecule has 0 aliphatic carbocycles. The summed E-state index contributed by atoms with van der Waals surface area (Å²) in [6.45, 7) is 0.952. The van der Waals surface area contributed by atoms with E-state index in [0.29, 0.717) is 12.2 Å². The van der Waals surface area contributed by atoms with Crippen LogP contribution in [0.1, 0.15) is 31.5 Å². The fourth-order valence-electron chi connectivity index (χ4n) is 3.47. The highest BCUT2D eigenvalue weighted by atomic mass is 35.5. The minimum absolute atomic E-state index is 0.0122. The van der Waals surface area contributed by atoms with Crippen LogP contribution in [0.5, 0.6) is 0 Å². The van der Waals surface area contributed by atoms with E-state index < -0.39 is 0 Å². The van der Waals surface area contributed by atoms with Crippen molar-refractivity contribution >= 4 is 35.0 Å². The molecule has 1 amide bonds. The number of hydrogen-bond acceptors (Lipinski definition) is 4. The third kappa shape index (κ3) is 5.00. The van der Waals surface area contributed by atoms with Gasteiger partial charge in [-0.3, -0.25) is 4.79 Å². The molecule has 0 fully saturated rings. The number of aromatic nitrogens is 3. The molecule has 2 heterocycles. The van der Waals surface area contributed by atoms with E-state index in [4.69, 9.17) is 11.6 Å². The lowest BCUT2D eigenvalue weighted by molar-refractivity contribution is -0.115. The van der Waals surface area contributed by atoms with Gasteiger partial charge in [0, 0.05) is 41.3 Å². The molecule has 150 valence electrons. The van der Waals surface area contributed by atoms with Gasteiger partial charge in [0.05, 0.1) is 5.02 Å². The summed E-state index contributed by atoms with van der Waals surface area (Å²) in [7, 11) is 0. The second kappa shape index (κ2) is 9.46. The third-order valence-electron chi connectivity index (χ3n) is 4.94. The number of thioether (sulfide) groups is 1. The van der Waals surface area contributed by atoms with E-state index in [1.807, 2.05) is 48.5 Å². The molecule has 0 spiro atoms. The van der Waals surface area contributed by atoms with Crippen molar-refractivity contribution in [2.24, 2.45) is 0 Å². The van der Waals surface area contributed by atoms with Crippen molar-refractivity contribution in [3.63, 3.8) is 0 Å². The maximum absolute atomic E-state index is 12.4. The van der Waals surface area contributed by atoms with Gasteiger partial charge in [-0.25, -0.2) is 0 Å². The Labute approximate surface area is 179 Å². The molecule has 0 saturated carbocycles. The molecule has 0 radical (unpaired) electrons. The monoisotopic (exact) mass is 426 g/mol. The lowest BCUT2D eigenvalue weighted by Gasteiger charge is -2.10. The van der Waals surface area contributed by atoms with Crippen LogP contribution in [0.25, 0.3) is 11.4 Å². The van der Waals surface area contributed by atoms with Crippen molar-refractivity contribution in [2.45, 2.75) is 43.5 Å². The molecule has 0 bridgehead atoms. The Kier molecular flexibility index (Phi) is 6.52. The van der Waals surface area contributed by atoms with Crippen molar-refractivity contribution in [3.8, 4) is 11.4 Å². The Balaban J connectivity index is 1.38. The molecular weight excluding hydrogens is 404 g/mol. The summed E-state index contributed by atoms with van der Waals surface area (Å²) < 4.78 is 2.22. The van der Waals surface area contributed by atoms with Crippen LogP contribution in [-0.2, 0) is 17.8 Å². The predicted molar refractivity (Wildman–Crippen MR) is 118 cm³/mol. The maximum Gasteiger partial charge on any atom is 0.225 e. The van der Waals surface area contributed by atoms with Gasteiger partial charge in [-0.15, -0.1) is 22.0 Å². The Hall–Kier alpha value is -2.31. The Bertz CT molecular complexity index is 1000. The van der Waals surface area contributed by atoms with Crippen LogP contribution < -0.4 is 5.32 Å². The number of halogens is 1. The Morgan fingerprint density at radius 2 is 2.00 bits per heavy atom. The first-order chi connectivity index (χ1) is 14.2. The molecule has 0 saturated heterocycles. The van der Waals surface area contributed by atoms with Gasteiger partial charge in [-0.1, -0.05) is 42.3 Å². The first-order valence-corrected chi connectivity index (χ1v) is 11.3. The van der Waals surface area contributed by atoms with Crippen molar-refractivity contribution in [3.05, 3.63) is 59.4 Å². The number of rotatable bonds is 6. The molecule has 3 aromatic rings. The third-order valence-corrected chi connectivity index (χ3v) is 6.45. The Morgan fingerprint density at radius 3 is 2.90 bits per heavy atom. The van der Waals surface area contributed by atoms with Crippen LogP contribution in [0.4, 0.5) is 5.69 Å². The van der Waals surface area contributed by atoms with Crippen LogP contribution in [-0.4, -0.2) is 26.4 Å². The van der Waals surface area contributed by atoms with Gasteiger partial charge in [0.2, 0.25) is 5.91 Å². The van der Waals surface area contributed by atoms with Crippen LogP contribution in [0.2, 0.25) is 5.02 Å². The highest BCUT2D eigenvalue weighted by molar-refractivity contribution is 7.99. The van der Waals surface area contributed by atoms with Gasteiger partial charge in [0.1, 0.15) is 5.82 Å². The van der Waals surface area contributed by atoms with Crippen LogP contribution in [0.3, 0.4) is 0 Å². The zero-order valence-electron chi connectivity index (χ0n) is 16.1. The maximum atomic E-state index is 12.4. The zero-order valence-corrected chi connectivity index (χ0v) is 17.7. The summed E-state index contributed by atoms with van der Waals surface area (Å²) >= 11 is 7.75. The van der Waals surface area contributed by atoms with E-state index in [1.54, 1.807) is 11.8 Å². The van der Waals surface area contributed by atoms with Crippen LogP contribution in [0, 0.1) is 0 Å². The number of nitrogens with zero attached hydrogens (tertiary/aromatic N) is 3. The fraction of sp³-hybridized carbons (Fsp3) is 0.318. The van der Waals surface area contributed by atoms with E-state index in [9.17, 15) is 4.79 Å². The van der Waals surface area contributed by atoms with E-state index in [1.165, 1.54) is 12.8 Å². The lowest BCUT2D eigenvalue weighted by atomic mass is 10.2. The van der Waals surface area contributed by atoms with E-state index >= 15 is 0 Å². The number of carbonyl (C=O) groups is 1. The molecule has 0 unspecified atom stereocenters. The fourth-order valence-corrected chi connectivity index (χ4v) is 4.66. The second-order valence-corrected chi connectivity index (χ2v) is 8.60. The zero-order chi connectivity index (χ0) is 20.1. The number of nitrogens with one attached hydrogen (secondary N) is 1. The minimum atomic E-state index is -0.0122. The molecule has 4 rings (SSSR count). The number of benzene rings is 2.